The number of hydrogen-bond acceptors (Lipinski definition) is 8. The molecule has 2 rings (SSSR count). The molecule has 0 amide bonds. The molecule has 1 aromatic rings. The number of carbonyl (C=O) groups excluding carboxylic acids is 3. The molecule has 9 heteroatoms. The lowest BCUT2D eigenvalue weighted by Gasteiger charge is -2.26. The predicted molar refractivity (Wildman–Crippen MR) is 90.4 cm³/mol. The van der Waals surface area contributed by atoms with Gasteiger partial charge in [0, 0.05) is 20.8 Å². The Balaban J connectivity index is 2.18. The zero-order valence-corrected chi connectivity index (χ0v) is 14.9. The van der Waals surface area contributed by atoms with Crippen LogP contribution in [0.2, 0.25) is 0 Å². The summed E-state index contributed by atoms with van der Waals surface area (Å²) in [7, 11) is -0.725. The van der Waals surface area contributed by atoms with Crippen molar-refractivity contribution in [1.82, 2.24) is 0 Å². The van der Waals surface area contributed by atoms with Gasteiger partial charge in [0.05, 0.1) is 0 Å². The summed E-state index contributed by atoms with van der Waals surface area (Å²) in [5.41, 5.74) is 0.761. The van der Waals surface area contributed by atoms with Gasteiger partial charge in [0.25, 0.3) is 0 Å². The van der Waals surface area contributed by atoms with E-state index in [1.54, 1.807) is 0 Å². The molecule has 1 aromatic carbocycles. The first-order valence-electron chi connectivity index (χ1n) is 8.16. The van der Waals surface area contributed by atoms with Crippen LogP contribution < -0.4 is 5.46 Å². The molecule has 140 valence electrons. The average Bonchev–Trinajstić information content (AvgIpc) is 3.01. The largest absolute Gasteiger partial charge is 0.494 e. The lowest BCUT2D eigenvalue weighted by atomic mass is 9.79. The Morgan fingerprint density at radius 1 is 1.00 bits per heavy atom. The number of esters is 3. The molecule has 0 bridgehead atoms. The first-order valence-corrected chi connectivity index (χ1v) is 8.16. The van der Waals surface area contributed by atoms with E-state index in [0.717, 1.165) is 5.46 Å². The highest BCUT2D eigenvalue weighted by Gasteiger charge is 2.46. The summed E-state index contributed by atoms with van der Waals surface area (Å²) in [6.07, 6.45) is -2.36. The van der Waals surface area contributed by atoms with Crippen molar-refractivity contribution in [3.8, 4) is 0 Å². The molecule has 0 radical (unpaired) electrons. The molecule has 0 spiro atoms. The van der Waals surface area contributed by atoms with E-state index < -0.39 is 43.3 Å². The number of ether oxygens (including phenoxy) is 3. The maximum absolute atomic E-state index is 11.4. The molecule has 26 heavy (non-hydrogen) atoms. The van der Waals surface area contributed by atoms with Gasteiger partial charge >= 0.3 is 25.0 Å². The molecular weight excluding hydrogens is 343 g/mol. The minimum Gasteiger partial charge on any atom is -0.463 e. The highest BCUT2D eigenvalue weighted by atomic mass is 16.7. The Bertz CT molecular complexity index is 635. The van der Waals surface area contributed by atoms with Crippen molar-refractivity contribution < 1.29 is 37.9 Å². The molecule has 8 nitrogen and oxygen atoms in total. The van der Waals surface area contributed by atoms with Gasteiger partial charge in [-0.05, 0) is 5.46 Å². The number of carbonyl (C=O) groups is 3. The molecule has 0 saturated carbocycles. The molecular formula is C17H21BO8. The van der Waals surface area contributed by atoms with Gasteiger partial charge < -0.3 is 23.5 Å². The zero-order chi connectivity index (χ0) is 19.1. The third kappa shape index (κ3) is 5.85. The molecule has 1 aliphatic heterocycles. The molecule has 0 unspecified atom stereocenters. The van der Waals surface area contributed by atoms with Gasteiger partial charge in [0.2, 0.25) is 0 Å². The number of rotatable bonds is 7. The van der Waals surface area contributed by atoms with E-state index in [1.165, 1.54) is 20.8 Å². The fourth-order valence-electron chi connectivity index (χ4n) is 2.54. The summed E-state index contributed by atoms with van der Waals surface area (Å²) in [5, 5.41) is 0. The van der Waals surface area contributed by atoms with Gasteiger partial charge in [-0.3, -0.25) is 14.4 Å². The van der Waals surface area contributed by atoms with Crippen molar-refractivity contribution >= 4 is 30.5 Å². The molecule has 0 N–H and O–H groups in total. The fraction of sp³-hybridized carbons (Fsp3) is 0.471. The Hall–Kier alpha value is -2.39. The molecule has 1 fully saturated rings. The van der Waals surface area contributed by atoms with Crippen LogP contribution in [0, 0.1) is 0 Å². The average molecular weight is 364 g/mol. The van der Waals surface area contributed by atoms with E-state index in [1.807, 2.05) is 30.3 Å². The molecule has 1 saturated heterocycles. The van der Waals surface area contributed by atoms with Gasteiger partial charge in [-0.15, -0.1) is 0 Å². The first kappa shape index (κ1) is 19.9. The number of benzene rings is 1. The Morgan fingerprint density at radius 3 is 2.23 bits per heavy atom. The monoisotopic (exact) mass is 364 g/mol. The van der Waals surface area contributed by atoms with Crippen LogP contribution in [-0.4, -0.2) is 56.6 Å². The minimum atomic E-state index is -0.898. The maximum atomic E-state index is 11.4. The second-order valence-corrected chi connectivity index (χ2v) is 5.77. The standard InChI is InChI=1S/C17H21BO8/c1-11(19)22-9-15(24-13(3)21)17-16(10-23-12(2)20)25-18(26-17)14-7-5-4-6-8-14/h4-8,15-17H,9-10H2,1-3H3/t15-,16-,17-/m1/s1. The van der Waals surface area contributed by atoms with Crippen LogP contribution in [0.4, 0.5) is 0 Å². The Kier molecular flexibility index (Phi) is 7.17. The van der Waals surface area contributed by atoms with Gasteiger partial charge in [-0.2, -0.15) is 0 Å². The SMILES string of the molecule is CC(=O)OC[C@H]1OB(c2ccccc2)O[C@@H]1[C@@H](COC(C)=O)OC(C)=O. The lowest BCUT2D eigenvalue weighted by molar-refractivity contribution is -0.164. The second kappa shape index (κ2) is 9.35. The van der Waals surface area contributed by atoms with Crippen LogP contribution in [0.3, 0.4) is 0 Å². The lowest BCUT2D eigenvalue weighted by Crippen LogP contribution is -2.43. The van der Waals surface area contributed by atoms with Crippen LogP contribution in [0.5, 0.6) is 0 Å². The summed E-state index contributed by atoms with van der Waals surface area (Å²) in [6, 6.07) is 9.16. The van der Waals surface area contributed by atoms with Crippen LogP contribution in [0.1, 0.15) is 20.8 Å². The third-order valence-corrected chi connectivity index (χ3v) is 3.60. The summed E-state index contributed by atoms with van der Waals surface area (Å²) in [4.78, 5) is 33.7. The van der Waals surface area contributed by atoms with Gasteiger partial charge in [0.15, 0.2) is 6.10 Å². The molecule has 1 heterocycles. The Morgan fingerprint density at radius 2 is 1.65 bits per heavy atom. The first-order chi connectivity index (χ1) is 12.4. The predicted octanol–water partition coefficient (Wildman–Crippen LogP) is 0.224. The third-order valence-electron chi connectivity index (χ3n) is 3.60. The molecule has 0 aliphatic carbocycles. The number of hydrogen-bond donors (Lipinski definition) is 0. The van der Waals surface area contributed by atoms with Crippen molar-refractivity contribution in [2.75, 3.05) is 13.2 Å². The fourth-order valence-corrected chi connectivity index (χ4v) is 2.54. The molecule has 1 aliphatic rings. The smallest absolute Gasteiger partial charge is 0.463 e. The summed E-state index contributed by atoms with van der Waals surface area (Å²) in [5.74, 6) is -1.54. The van der Waals surface area contributed by atoms with E-state index in [9.17, 15) is 14.4 Å². The van der Waals surface area contributed by atoms with Gasteiger partial charge in [-0.1, -0.05) is 30.3 Å². The van der Waals surface area contributed by atoms with Crippen molar-refractivity contribution in [2.45, 2.75) is 39.1 Å². The topological polar surface area (TPSA) is 97.4 Å². The van der Waals surface area contributed by atoms with Crippen molar-refractivity contribution in [2.24, 2.45) is 0 Å². The van der Waals surface area contributed by atoms with Crippen LogP contribution in [0.15, 0.2) is 30.3 Å². The highest BCUT2D eigenvalue weighted by molar-refractivity contribution is 6.61. The normalized spacial score (nSPS) is 20.3. The quantitative estimate of drug-likeness (QED) is 0.385. The summed E-state index contributed by atoms with van der Waals surface area (Å²) >= 11 is 0. The van der Waals surface area contributed by atoms with Crippen molar-refractivity contribution in [1.29, 1.82) is 0 Å². The summed E-state index contributed by atoms with van der Waals surface area (Å²) < 4.78 is 27.0. The minimum absolute atomic E-state index is 0.0822. The molecule has 0 aromatic heterocycles. The van der Waals surface area contributed by atoms with Gasteiger partial charge in [-0.25, -0.2) is 0 Å². The van der Waals surface area contributed by atoms with E-state index in [4.69, 9.17) is 23.5 Å². The summed E-state index contributed by atoms with van der Waals surface area (Å²) in [6.45, 7) is 3.50. The van der Waals surface area contributed by atoms with E-state index >= 15 is 0 Å². The van der Waals surface area contributed by atoms with E-state index in [2.05, 4.69) is 0 Å². The maximum Gasteiger partial charge on any atom is 0.494 e. The zero-order valence-electron chi connectivity index (χ0n) is 14.9. The van der Waals surface area contributed by atoms with Crippen molar-refractivity contribution in [3.63, 3.8) is 0 Å². The highest BCUT2D eigenvalue weighted by Crippen LogP contribution is 2.23. The van der Waals surface area contributed by atoms with Crippen LogP contribution in [0.25, 0.3) is 0 Å². The second-order valence-electron chi connectivity index (χ2n) is 5.77. The Labute approximate surface area is 151 Å². The van der Waals surface area contributed by atoms with Crippen LogP contribution >= 0.6 is 0 Å². The van der Waals surface area contributed by atoms with Crippen molar-refractivity contribution in [3.05, 3.63) is 30.3 Å². The van der Waals surface area contributed by atoms with E-state index in [-0.39, 0.29) is 13.2 Å². The molecule has 3 atom stereocenters. The van der Waals surface area contributed by atoms with Gasteiger partial charge in [0.1, 0.15) is 25.4 Å². The van der Waals surface area contributed by atoms with Crippen LogP contribution in [-0.2, 0) is 37.9 Å². The van der Waals surface area contributed by atoms with E-state index in [0.29, 0.717) is 0 Å².